The molecule has 0 aromatic carbocycles. The molecule has 3 unspecified atom stereocenters. The number of likely N-dealkylation sites (N-methyl/N-ethyl adjacent to an activating group) is 1. The van der Waals surface area contributed by atoms with Crippen LogP contribution >= 0.6 is 0 Å². The molecule has 3 atom stereocenters. The van der Waals surface area contributed by atoms with Crippen molar-refractivity contribution < 1.29 is 14.3 Å². The normalized spacial score (nSPS) is 26.3. The van der Waals surface area contributed by atoms with Gasteiger partial charge >= 0.3 is 0 Å². The monoisotopic (exact) mass is 382 g/mol. The zero-order valence-electron chi connectivity index (χ0n) is 17.5. The van der Waals surface area contributed by atoms with E-state index in [0.717, 1.165) is 58.3 Å². The van der Waals surface area contributed by atoms with E-state index in [9.17, 15) is 4.79 Å². The quantitative estimate of drug-likeness (QED) is 0.494. The van der Waals surface area contributed by atoms with E-state index in [1.807, 2.05) is 0 Å². The van der Waals surface area contributed by atoms with E-state index in [1.165, 1.54) is 0 Å². The fourth-order valence-electron chi connectivity index (χ4n) is 3.75. The van der Waals surface area contributed by atoms with Gasteiger partial charge in [-0.2, -0.15) is 0 Å². The fraction of sp³-hybridized carbons (Fsp3) is 0.900. The van der Waals surface area contributed by atoms with Gasteiger partial charge in [-0.1, -0.05) is 26.7 Å². The van der Waals surface area contributed by atoms with Crippen LogP contribution in [0, 0.1) is 5.92 Å². The molecule has 27 heavy (non-hydrogen) atoms. The highest BCUT2D eigenvalue weighted by atomic mass is 16.5. The molecular formula is C20H38N4O3. The summed E-state index contributed by atoms with van der Waals surface area (Å²) in [6.07, 6.45) is 6.94. The molecular weight excluding hydrogens is 344 g/mol. The molecule has 7 nitrogen and oxygen atoms in total. The van der Waals surface area contributed by atoms with E-state index in [0.29, 0.717) is 24.0 Å². The van der Waals surface area contributed by atoms with Crippen molar-refractivity contribution in [2.45, 2.75) is 70.6 Å². The number of ether oxygens (including phenoxy) is 2. The number of carbonyl (C=O) groups excluding carboxylic acids is 1. The molecule has 1 amide bonds. The van der Waals surface area contributed by atoms with Gasteiger partial charge in [-0.25, -0.2) is 4.99 Å². The van der Waals surface area contributed by atoms with Gasteiger partial charge < -0.3 is 25.0 Å². The molecule has 2 aliphatic rings. The van der Waals surface area contributed by atoms with Gasteiger partial charge in [0.25, 0.3) is 0 Å². The minimum atomic E-state index is -0.00454. The van der Waals surface area contributed by atoms with Crippen LogP contribution in [0.15, 0.2) is 4.99 Å². The Hall–Kier alpha value is -1.34. The number of carbonyl (C=O) groups is 1. The lowest BCUT2D eigenvalue weighted by Gasteiger charge is -2.35. The average molecular weight is 383 g/mol. The molecule has 2 aliphatic heterocycles. The molecule has 0 radical (unpaired) electrons. The highest BCUT2D eigenvalue weighted by Gasteiger charge is 2.28. The maximum Gasteiger partial charge on any atom is 0.243 e. The van der Waals surface area contributed by atoms with Crippen LogP contribution in [0.5, 0.6) is 0 Å². The molecule has 0 bridgehead atoms. The topological polar surface area (TPSA) is 75.2 Å². The van der Waals surface area contributed by atoms with E-state index in [1.54, 1.807) is 19.0 Å². The van der Waals surface area contributed by atoms with Crippen LogP contribution in [-0.2, 0) is 14.3 Å². The number of aliphatic imine (C=N–C) groups is 1. The van der Waals surface area contributed by atoms with Crippen molar-refractivity contribution >= 4 is 11.9 Å². The lowest BCUT2D eigenvalue weighted by molar-refractivity contribution is -0.127. The Bertz CT molecular complexity index is 474. The highest BCUT2D eigenvalue weighted by Crippen LogP contribution is 2.25. The lowest BCUT2D eigenvalue weighted by Crippen LogP contribution is -2.50. The molecule has 0 saturated carbocycles. The van der Waals surface area contributed by atoms with Gasteiger partial charge in [0, 0.05) is 39.9 Å². The van der Waals surface area contributed by atoms with E-state index in [-0.39, 0.29) is 18.6 Å². The molecule has 2 saturated heterocycles. The number of hydrogen-bond acceptors (Lipinski definition) is 4. The summed E-state index contributed by atoms with van der Waals surface area (Å²) in [6.45, 7) is 6.94. The second-order valence-electron chi connectivity index (χ2n) is 7.82. The third-order valence-corrected chi connectivity index (χ3v) is 5.62. The highest BCUT2D eigenvalue weighted by molar-refractivity contribution is 5.84. The van der Waals surface area contributed by atoms with E-state index in [4.69, 9.17) is 9.47 Å². The third-order valence-electron chi connectivity index (χ3n) is 5.62. The Morgan fingerprint density at radius 1 is 1.19 bits per heavy atom. The Balaban J connectivity index is 1.94. The van der Waals surface area contributed by atoms with Crippen molar-refractivity contribution in [3.05, 3.63) is 0 Å². The minimum Gasteiger partial charge on any atom is -0.378 e. The molecule has 7 heteroatoms. The van der Waals surface area contributed by atoms with Crippen molar-refractivity contribution in [2.24, 2.45) is 10.9 Å². The average Bonchev–Trinajstić information content (AvgIpc) is 3.18. The number of nitrogens with one attached hydrogen (secondary N) is 2. The Kier molecular flexibility index (Phi) is 9.34. The van der Waals surface area contributed by atoms with Crippen molar-refractivity contribution in [1.29, 1.82) is 0 Å². The number of guanidine groups is 1. The van der Waals surface area contributed by atoms with Crippen LogP contribution in [0.3, 0.4) is 0 Å². The number of hydrogen-bond donors (Lipinski definition) is 2. The summed E-state index contributed by atoms with van der Waals surface area (Å²) in [5.74, 6) is 1.30. The number of amides is 1. The summed E-state index contributed by atoms with van der Waals surface area (Å²) in [5, 5.41) is 6.92. The molecule has 0 aromatic rings. The predicted octanol–water partition coefficient (Wildman–Crippen LogP) is 1.77. The fourth-order valence-corrected chi connectivity index (χ4v) is 3.75. The van der Waals surface area contributed by atoms with Crippen LogP contribution in [-0.4, -0.2) is 75.4 Å². The second kappa shape index (κ2) is 11.5. The first kappa shape index (κ1) is 22.0. The first-order valence-corrected chi connectivity index (χ1v) is 10.5. The third kappa shape index (κ3) is 7.30. The smallest absolute Gasteiger partial charge is 0.243 e. The van der Waals surface area contributed by atoms with Gasteiger partial charge in [-0.3, -0.25) is 4.79 Å². The zero-order valence-corrected chi connectivity index (χ0v) is 17.5. The summed E-state index contributed by atoms with van der Waals surface area (Å²) in [4.78, 5) is 18.0. The molecule has 156 valence electrons. The van der Waals surface area contributed by atoms with Crippen LogP contribution in [0.2, 0.25) is 0 Å². The molecule has 0 aliphatic carbocycles. The first-order chi connectivity index (χ1) is 13.0. The molecule has 2 fully saturated rings. The van der Waals surface area contributed by atoms with E-state index < -0.39 is 0 Å². The lowest BCUT2D eigenvalue weighted by atomic mass is 9.89. The summed E-state index contributed by atoms with van der Waals surface area (Å²) < 4.78 is 11.7. The summed E-state index contributed by atoms with van der Waals surface area (Å²) in [5.41, 5.74) is 0. The number of nitrogens with zero attached hydrogens (tertiary/aromatic N) is 2. The van der Waals surface area contributed by atoms with Crippen LogP contribution in [0.4, 0.5) is 0 Å². The van der Waals surface area contributed by atoms with Crippen LogP contribution in [0.25, 0.3) is 0 Å². The number of rotatable bonds is 8. The largest absolute Gasteiger partial charge is 0.378 e. The predicted molar refractivity (Wildman–Crippen MR) is 108 cm³/mol. The molecule has 2 heterocycles. The van der Waals surface area contributed by atoms with Gasteiger partial charge in [-0.05, 0) is 31.6 Å². The van der Waals surface area contributed by atoms with Gasteiger partial charge in [0.05, 0.1) is 12.2 Å². The zero-order chi connectivity index (χ0) is 19.6. The van der Waals surface area contributed by atoms with Gasteiger partial charge in [0.2, 0.25) is 5.91 Å². The summed E-state index contributed by atoms with van der Waals surface area (Å²) in [6, 6.07) is 0.314. The van der Waals surface area contributed by atoms with Crippen molar-refractivity contribution in [3.8, 4) is 0 Å². The van der Waals surface area contributed by atoms with E-state index in [2.05, 4.69) is 29.5 Å². The van der Waals surface area contributed by atoms with Crippen LogP contribution < -0.4 is 10.6 Å². The van der Waals surface area contributed by atoms with Gasteiger partial charge in [0.15, 0.2) is 5.96 Å². The maximum absolute atomic E-state index is 11.9. The summed E-state index contributed by atoms with van der Waals surface area (Å²) >= 11 is 0. The Morgan fingerprint density at radius 2 is 1.96 bits per heavy atom. The van der Waals surface area contributed by atoms with Crippen LogP contribution in [0.1, 0.15) is 52.4 Å². The van der Waals surface area contributed by atoms with E-state index >= 15 is 0 Å². The molecule has 0 spiro atoms. The summed E-state index contributed by atoms with van der Waals surface area (Å²) in [7, 11) is 3.51. The Morgan fingerprint density at radius 3 is 2.59 bits per heavy atom. The van der Waals surface area contributed by atoms with Crippen molar-refractivity contribution in [2.75, 3.05) is 40.4 Å². The second-order valence-corrected chi connectivity index (χ2v) is 7.82. The standard InChI is InChI=1S/C20H38N4O3/c1-5-15(6-2)18-12-16(9-11-27-18)23-20(22-14-19(25)24(3)4)21-13-17-8-7-10-26-17/h15-18H,5-14H2,1-4H3,(H2,21,22,23). The Labute approximate surface area is 164 Å². The van der Waals surface area contributed by atoms with Gasteiger partial charge in [-0.15, -0.1) is 0 Å². The molecule has 2 rings (SSSR count). The van der Waals surface area contributed by atoms with Crippen molar-refractivity contribution in [1.82, 2.24) is 15.5 Å². The minimum absolute atomic E-state index is 0.00454. The maximum atomic E-state index is 11.9. The van der Waals surface area contributed by atoms with Crippen molar-refractivity contribution in [3.63, 3.8) is 0 Å². The molecule has 0 aromatic heterocycles. The first-order valence-electron chi connectivity index (χ1n) is 10.5. The molecule has 2 N–H and O–H groups in total. The SMILES string of the molecule is CCC(CC)C1CC(NC(=NCC(=O)N(C)C)NCC2CCCO2)CCO1. The van der Waals surface area contributed by atoms with Gasteiger partial charge in [0.1, 0.15) is 6.54 Å².